The van der Waals surface area contributed by atoms with Crippen molar-refractivity contribution in [2.45, 2.75) is 11.4 Å². The lowest BCUT2D eigenvalue weighted by Gasteiger charge is -2.16. The van der Waals surface area contributed by atoms with Crippen LogP contribution in [0.25, 0.3) is 0 Å². The largest absolute Gasteiger partial charge is 0.380 e. The Kier molecular flexibility index (Phi) is 4.88. The van der Waals surface area contributed by atoms with Crippen LogP contribution in [-0.2, 0) is 16.6 Å². The molecule has 0 unspecified atom stereocenters. The topological polar surface area (TPSA) is 49.4 Å². The quantitative estimate of drug-likeness (QED) is 0.918. The van der Waals surface area contributed by atoms with Crippen LogP contribution in [0.5, 0.6) is 0 Å². The first kappa shape index (κ1) is 15.8. The number of para-hydroxylation sites is 1. The maximum absolute atomic E-state index is 12.3. The number of benzene rings is 2. The monoisotopic (exact) mass is 324 g/mol. The van der Waals surface area contributed by atoms with Gasteiger partial charge in [0.25, 0.3) is 0 Å². The lowest BCUT2D eigenvalue weighted by atomic mass is 10.2. The Morgan fingerprint density at radius 1 is 1.10 bits per heavy atom. The zero-order chi connectivity index (χ0) is 15.5. The summed E-state index contributed by atoms with van der Waals surface area (Å²) >= 11 is 5.94. The molecular formula is C15H17ClN2O2S. The summed E-state index contributed by atoms with van der Waals surface area (Å²) in [5.41, 5.74) is 1.56. The van der Waals surface area contributed by atoms with Crippen LogP contribution < -0.4 is 5.32 Å². The minimum atomic E-state index is -3.48. The van der Waals surface area contributed by atoms with E-state index in [1.165, 1.54) is 18.4 Å². The summed E-state index contributed by atoms with van der Waals surface area (Å²) in [6, 6.07) is 14.3. The molecule has 4 nitrogen and oxygen atoms in total. The molecule has 0 radical (unpaired) electrons. The number of sulfonamides is 1. The van der Waals surface area contributed by atoms with E-state index in [-0.39, 0.29) is 4.90 Å². The molecule has 1 N–H and O–H groups in total. The smallest absolute Gasteiger partial charge is 0.244 e. The second-order valence-corrected chi connectivity index (χ2v) is 7.32. The second-order valence-electron chi connectivity index (χ2n) is 4.77. The van der Waals surface area contributed by atoms with Crippen molar-refractivity contribution in [3.05, 3.63) is 59.1 Å². The van der Waals surface area contributed by atoms with Gasteiger partial charge in [-0.3, -0.25) is 0 Å². The van der Waals surface area contributed by atoms with Gasteiger partial charge in [0.1, 0.15) is 4.90 Å². The molecule has 0 bridgehead atoms. The summed E-state index contributed by atoms with van der Waals surface area (Å²) in [4.78, 5) is 0.261. The van der Waals surface area contributed by atoms with Gasteiger partial charge in [-0.1, -0.05) is 35.9 Å². The van der Waals surface area contributed by atoms with Gasteiger partial charge in [0.15, 0.2) is 0 Å². The molecule has 21 heavy (non-hydrogen) atoms. The van der Waals surface area contributed by atoms with Crippen molar-refractivity contribution in [1.82, 2.24) is 4.31 Å². The number of hydrogen-bond donors (Lipinski definition) is 1. The van der Waals surface area contributed by atoms with Crippen LogP contribution in [0.3, 0.4) is 0 Å². The minimum absolute atomic E-state index is 0.261. The molecule has 112 valence electrons. The van der Waals surface area contributed by atoms with Gasteiger partial charge in [0.2, 0.25) is 10.0 Å². The number of nitrogens with one attached hydrogen (secondary N) is 1. The third-order valence-electron chi connectivity index (χ3n) is 3.02. The lowest BCUT2D eigenvalue weighted by molar-refractivity contribution is 0.521. The Balaban J connectivity index is 2.26. The molecule has 0 saturated carbocycles. The van der Waals surface area contributed by atoms with E-state index in [2.05, 4.69) is 5.32 Å². The average Bonchev–Trinajstić information content (AvgIpc) is 2.45. The van der Waals surface area contributed by atoms with Crippen molar-refractivity contribution in [2.24, 2.45) is 0 Å². The number of nitrogens with zero attached hydrogens (tertiary/aromatic N) is 1. The van der Waals surface area contributed by atoms with E-state index >= 15 is 0 Å². The maximum atomic E-state index is 12.3. The van der Waals surface area contributed by atoms with Crippen LogP contribution in [0.2, 0.25) is 5.02 Å². The summed E-state index contributed by atoms with van der Waals surface area (Å²) in [6.45, 7) is 0.501. The molecular weight excluding hydrogens is 308 g/mol. The molecule has 0 fully saturated rings. The van der Waals surface area contributed by atoms with Crippen LogP contribution >= 0.6 is 11.6 Å². The molecule has 0 saturated heterocycles. The van der Waals surface area contributed by atoms with Gasteiger partial charge in [0, 0.05) is 25.7 Å². The van der Waals surface area contributed by atoms with Gasteiger partial charge in [-0.05, 0) is 29.8 Å². The highest BCUT2D eigenvalue weighted by atomic mass is 35.5. The van der Waals surface area contributed by atoms with Crippen molar-refractivity contribution in [3.8, 4) is 0 Å². The molecule has 0 aliphatic rings. The predicted octanol–water partition coefficient (Wildman–Crippen LogP) is 3.20. The van der Waals surface area contributed by atoms with Gasteiger partial charge in [-0.2, -0.15) is 0 Å². The van der Waals surface area contributed by atoms with Gasteiger partial charge in [0.05, 0.1) is 5.69 Å². The van der Waals surface area contributed by atoms with Crippen LogP contribution in [0, 0.1) is 0 Å². The normalized spacial score (nSPS) is 11.6. The fourth-order valence-electron chi connectivity index (χ4n) is 1.88. The SMILES string of the molecule is CN(C)S(=O)(=O)c1ccccc1NCc1cccc(Cl)c1. The zero-order valence-corrected chi connectivity index (χ0v) is 13.4. The highest BCUT2D eigenvalue weighted by Crippen LogP contribution is 2.24. The highest BCUT2D eigenvalue weighted by Gasteiger charge is 2.20. The fraction of sp³-hybridized carbons (Fsp3) is 0.200. The Morgan fingerprint density at radius 3 is 2.48 bits per heavy atom. The van der Waals surface area contributed by atoms with Gasteiger partial charge < -0.3 is 5.32 Å². The van der Waals surface area contributed by atoms with E-state index in [0.717, 1.165) is 5.56 Å². The molecule has 2 rings (SSSR count). The molecule has 0 aromatic heterocycles. The first-order valence-electron chi connectivity index (χ1n) is 6.41. The molecule has 0 atom stereocenters. The molecule has 0 heterocycles. The van der Waals surface area contributed by atoms with Gasteiger partial charge in [-0.15, -0.1) is 0 Å². The van der Waals surface area contributed by atoms with Crippen molar-refractivity contribution < 1.29 is 8.42 Å². The molecule has 0 amide bonds. The Hall–Kier alpha value is -1.56. The standard InChI is InChI=1S/C15H17ClN2O2S/c1-18(2)21(19,20)15-9-4-3-8-14(15)17-11-12-6-5-7-13(16)10-12/h3-10,17H,11H2,1-2H3. The van der Waals surface area contributed by atoms with E-state index < -0.39 is 10.0 Å². The van der Waals surface area contributed by atoms with Crippen molar-refractivity contribution in [1.29, 1.82) is 0 Å². The predicted molar refractivity (Wildman–Crippen MR) is 86.1 cm³/mol. The first-order valence-corrected chi connectivity index (χ1v) is 8.23. The number of anilines is 1. The average molecular weight is 325 g/mol. The maximum Gasteiger partial charge on any atom is 0.244 e. The van der Waals surface area contributed by atoms with Gasteiger partial charge in [-0.25, -0.2) is 12.7 Å². The molecule has 0 aliphatic carbocycles. The van der Waals surface area contributed by atoms with E-state index in [1.807, 2.05) is 18.2 Å². The summed E-state index contributed by atoms with van der Waals surface area (Å²) in [5.74, 6) is 0. The Labute approximate surface area is 130 Å². The third-order valence-corrected chi connectivity index (χ3v) is 5.13. The third kappa shape index (κ3) is 3.75. The number of hydrogen-bond acceptors (Lipinski definition) is 3. The van der Waals surface area contributed by atoms with Crippen molar-refractivity contribution in [3.63, 3.8) is 0 Å². The second kappa shape index (κ2) is 6.47. The highest BCUT2D eigenvalue weighted by molar-refractivity contribution is 7.89. The van der Waals surface area contributed by atoms with E-state index in [0.29, 0.717) is 17.3 Å². The minimum Gasteiger partial charge on any atom is -0.380 e. The Morgan fingerprint density at radius 2 is 1.81 bits per heavy atom. The molecule has 2 aromatic rings. The summed E-state index contributed by atoms with van der Waals surface area (Å²) in [5, 5.41) is 3.81. The summed E-state index contributed by atoms with van der Waals surface area (Å²) < 4.78 is 25.8. The Bertz CT molecular complexity index is 730. The van der Waals surface area contributed by atoms with E-state index in [4.69, 9.17) is 11.6 Å². The van der Waals surface area contributed by atoms with E-state index in [1.54, 1.807) is 30.3 Å². The fourth-order valence-corrected chi connectivity index (χ4v) is 3.15. The van der Waals surface area contributed by atoms with Crippen LogP contribution in [0.4, 0.5) is 5.69 Å². The molecule has 2 aromatic carbocycles. The first-order chi connectivity index (χ1) is 9.91. The van der Waals surface area contributed by atoms with Crippen molar-refractivity contribution in [2.75, 3.05) is 19.4 Å². The van der Waals surface area contributed by atoms with Crippen LogP contribution in [0.15, 0.2) is 53.4 Å². The van der Waals surface area contributed by atoms with Gasteiger partial charge >= 0.3 is 0 Å². The van der Waals surface area contributed by atoms with Crippen molar-refractivity contribution >= 4 is 27.3 Å². The van der Waals surface area contributed by atoms with Crippen LogP contribution in [0.1, 0.15) is 5.56 Å². The molecule has 6 heteroatoms. The summed E-state index contributed by atoms with van der Waals surface area (Å²) in [7, 11) is -0.441. The van der Waals surface area contributed by atoms with E-state index in [9.17, 15) is 8.42 Å². The zero-order valence-electron chi connectivity index (χ0n) is 11.9. The number of halogens is 1. The molecule has 0 aliphatic heterocycles. The number of rotatable bonds is 5. The molecule has 0 spiro atoms. The lowest BCUT2D eigenvalue weighted by Crippen LogP contribution is -2.23. The van der Waals surface area contributed by atoms with Crippen LogP contribution in [-0.4, -0.2) is 26.8 Å². The summed E-state index contributed by atoms with van der Waals surface area (Å²) in [6.07, 6.45) is 0.